The number of anilines is 2. The predicted octanol–water partition coefficient (Wildman–Crippen LogP) is 4.88. The third kappa shape index (κ3) is 4.21. The van der Waals surface area contributed by atoms with Crippen molar-refractivity contribution in [2.24, 2.45) is 0 Å². The van der Waals surface area contributed by atoms with Crippen molar-refractivity contribution in [3.8, 4) is 16.9 Å². The SMILES string of the molecule is C[C@@H]1CN(c2nc(N3CC(N(C)C)C3)nc3c(F)c(-c4cc(O)cc5ccccc45)c(Cl)cc23)[C@H](C)CN1. The number of aromatic nitrogens is 2. The molecular weight excluding hydrogens is 503 g/mol. The quantitative estimate of drug-likeness (QED) is 0.386. The van der Waals surface area contributed by atoms with E-state index in [1.54, 1.807) is 18.2 Å². The summed E-state index contributed by atoms with van der Waals surface area (Å²) in [4.78, 5) is 16.3. The predicted molar refractivity (Wildman–Crippen MR) is 153 cm³/mol. The number of fused-ring (bicyclic) bond motifs is 2. The van der Waals surface area contributed by atoms with Crippen molar-refractivity contribution in [3.05, 3.63) is 53.3 Å². The molecule has 1 aromatic heterocycles. The summed E-state index contributed by atoms with van der Waals surface area (Å²) in [6.07, 6.45) is 0. The van der Waals surface area contributed by atoms with Gasteiger partial charge in [-0.25, -0.2) is 9.37 Å². The first-order valence-corrected chi connectivity index (χ1v) is 13.4. The van der Waals surface area contributed by atoms with Gasteiger partial charge in [0.25, 0.3) is 0 Å². The van der Waals surface area contributed by atoms with Gasteiger partial charge in [-0.15, -0.1) is 0 Å². The summed E-state index contributed by atoms with van der Waals surface area (Å²) in [5, 5.41) is 16.4. The summed E-state index contributed by atoms with van der Waals surface area (Å²) >= 11 is 6.84. The lowest BCUT2D eigenvalue weighted by Crippen LogP contribution is -2.58. The Morgan fingerprint density at radius 3 is 2.58 bits per heavy atom. The molecule has 3 aromatic carbocycles. The molecule has 198 valence electrons. The molecule has 0 unspecified atom stereocenters. The van der Waals surface area contributed by atoms with E-state index in [9.17, 15) is 5.11 Å². The molecular formula is C29H32ClFN6O. The zero-order valence-electron chi connectivity index (χ0n) is 22.0. The fraction of sp³-hybridized carbons (Fsp3) is 0.379. The highest BCUT2D eigenvalue weighted by Gasteiger charge is 2.33. The highest BCUT2D eigenvalue weighted by Crippen LogP contribution is 2.43. The van der Waals surface area contributed by atoms with Crippen LogP contribution in [0.5, 0.6) is 5.75 Å². The van der Waals surface area contributed by atoms with Gasteiger partial charge in [0.05, 0.1) is 5.02 Å². The molecule has 0 saturated carbocycles. The average molecular weight is 535 g/mol. The fourth-order valence-corrected chi connectivity index (χ4v) is 5.83. The summed E-state index contributed by atoms with van der Waals surface area (Å²) in [5.74, 6) is 0.773. The molecule has 38 heavy (non-hydrogen) atoms. The van der Waals surface area contributed by atoms with E-state index >= 15 is 4.39 Å². The van der Waals surface area contributed by atoms with E-state index in [2.05, 4.69) is 48.0 Å². The summed E-state index contributed by atoms with van der Waals surface area (Å²) in [6, 6.07) is 13.4. The second kappa shape index (κ2) is 9.52. The van der Waals surface area contributed by atoms with E-state index in [1.165, 1.54) is 0 Å². The van der Waals surface area contributed by atoms with Crippen molar-refractivity contribution < 1.29 is 9.50 Å². The topological polar surface area (TPSA) is 67.8 Å². The molecule has 2 saturated heterocycles. The van der Waals surface area contributed by atoms with Crippen molar-refractivity contribution in [1.29, 1.82) is 0 Å². The molecule has 0 aliphatic carbocycles. The summed E-state index contributed by atoms with van der Waals surface area (Å²) in [5.41, 5.74) is 1.01. The van der Waals surface area contributed by atoms with Crippen molar-refractivity contribution >= 4 is 45.0 Å². The van der Waals surface area contributed by atoms with Crippen LogP contribution in [0.4, 0.5) is 16.2 Å². The highest BCUT2D eigenvalue weighted by atomic mass is 35.5. The Morgan fingerprint density at radius 1 is 1.05 bits per heavy atom. The van der Waals surface area contributed by atoms with Crippen LogP contribution in [0.15, 0.2) is 42.5 Å². The van der Waals surface area contributed by atoms with Crippen molar-refractivity contribution in [2.45, 2.75) is 32.0 Å². The molecule has 2 fully saturated rings. The smallest absolute Gasteiger partial charge is 0.228 e. The Hall–Kier alpha value is -3.20. The van der Waals surface area contributed by atoms with Crippen LogP contribution in [0.1, 0.15) is 13.8 Å². The first kappa shape index (κ1) is 25.1. The molecule has 2 aliphatic heterocycles. The first-order valence-electron chi connectivity index (χ1n) is 13.0. The minimum Gasteiger partial charge on any atom is -0.508 e. The van der Waals surface area contributed by atoms with Gasteiger partial charge in [0, 0.05) is 55.3 Å². The number of nitrogens with zero attached hydrogens (tertiary/aromatic N) is 5. The maximum absolute atomic E-state index is 16.7. The van der Waals surface area contributed by atoms with Gasteiger partial charge in [-0.3, -0.25) is 0 Å². The van der Waals surface area contributed by atoms with E-state index in [0.717, 1.165) is 37.0 Å². The van der Waals surface area contributed by atoms with Gasteiger partial charge in [-0.05, 0) is 62.5 Å². The van der Waals surface area contributed by atoms with Crippen molar-refractivity contribution in [3.63, 3.8) is 0 Å². The third-order valence-electron chi connectivity index (χ3n) is 7.88. The number of rotatable bonds is 4. The average Bonchev–Trinajstić information content (AvgIpc) is 2.84. The molecule has 0 bridgehead atoms. The molecule has 2 N–H and O–H groups in total. The number of likely N-dealkylation sites (N-methyl/N-ethyl adjacent to an activating group) is 1. The van der Waals surface area contributed by atoms with Crippen LogP contribution in [0.25, 0.3) is 32.8 Å². The summed E-state index contributed by atoms with van der Waals surface area (Å²) in [7, 11) is 4.12. The zero-order chi connectivity index (χ0) is 26.7. The monoisotopic (exact) mass is 534 g/mol. The maximum atomic E-state index is 16.7. The van der Waals surface area contributed by atoms with Gasteiger partial charge in [0.1, 0.15) is 17.1 Å². The number of hydrogen-bond acceptors (Lipinski definition) is 7. The molecule has 0 amide bonds. The lowest BCUT2D eigenvalue weighted by Gasteiger charge is -2.43. The summed E-state index contributed by atoms with van der Waals surface area (Å²) in [6.45, 7) is 7.39. The fourth-order valence-electron chi connectivity index (χ4n) is 5.54. The number of phenols is 1. The van der Waals surface area contributed by atoms with Gasteiger partial charge < -0.3 is 25.1 Å². The second-order valence-electron chi connectivity index (χ2n) is 10.8. The molecule has 4 aromatic rings. The lowest BCUT2D eigenvalue weighted by molar-refractivity contribution is 0.245. The van der Waals surface area contributed by atoms with E-state index < -0.39 is 5.82 Å². The second-order valence-corrected chi connectivity index (χ2v) is 11.2. The molecule has 7 nitrogen and oxygen atoms in total. The van der Waals surface area contributed by atoms with Crippen LogP contribution in [-0.4, -0.2) is 78.4 Å². The van der Waals surface area contributed by atoms with E-state index in [4.69, 9.17) is 21.6 Å². The van der Waals surface area contributed by atoms with Crippen molar-refractivity contribution in [2.75, 3.05) is 50.1 Å². The van der Waals surface area contributed by atoms with E-state index in [-0.39, 0.29) is 33.9 Å². The molecule has 9 heteroatoms. The molecule has 0 spiro atoms. The molecule has 6 rings (SSSR count). The van der Waals surface area contributed by atoms with Gasteiger partial charge >= 0.3 is 0 Å². The van der Waals surface area contributed by atoms with Crippen LogP contribution < -0.4 is 15.1 Å². The van der Waals surface area contributed by atoms with Gasteiger partial charge in [-0.1, -0.05) is 35.9 Å². The lowest BCUT2D eigenvalue weighted by atomic mass is 9.96. The minimum atomic E-state index is -0.506. The van der Waals surface area contributed by atoms with Crippen molar-refractivity contribution in [1.82, 2.24) is 20.2 Å². The third-order valence-corrected chi connectivity index (χ3v) is 8.18. The first-order chi connectivity index (χ1) is 18.2. The van der Waals surface area contributed by atoms with Crippen LogP contribution in [-0.2, 0) is 0 Å². The minimum absolute atomic E-state index is 0.0530. The van der Waals surface area contributed by atoms with E-state index in [1.807, 2.05) is 24.3 Å². The Morgan fingerprint density at radius 2 is 1.82 bits per heavy atom. The number of aromatic hydroxyl groups is 1. The van der Waals surface area contributed by atoms with Gasteiger partial charge in [0.2, 0.25) is 5.95 Å². The number of phenolic OH excluding ortho intramolecular Hbond substituents is 1. The molecule has 2 aliphatic rings. The number of piperazine rings is 1. The molecule has 3 heterocycles. The standard InChI is InChI=1S/C29H32ClFN6O/c1-16-13-37(17(2)12-32-16)28-23-11-24(30)25(22-10-20(38)9-18-7-5-6-8-21(18)22)26(31)27(23)33-29(34-28)36-14-19(15-36)35(3)4/h5-11,16-17,19,32,38H,12-15H2,1-4H3/t16-,17-/m1/s1. The zero-order valence-corrected chi connectivity index (χ0v) is 22.8. The van der Waals surface area contributed by atoms with Crippen LogP contribution in [0.2, 0.25) is 5.02 Å². The molecule has 2 atom stereocenters. The Labute approximate surface area is 226 Å². The summed E-state index contributed by atoms with van der Waals surface area (Å²) < 4.78 is 16.7. The van der Waals surface area contributed by atoms with E-state index in [0.29, 0.717) is 28.8 Å². The Bertz CT molecular complexity index is 1540. The number of nitrogens with one attached hydrogen (secondary N) is 1. The van der Waals surface area contributed by atoms with Gasteiger partial charge in [0.15, 0.2) is 5.82 Å². The maximum Gasteiger partial charge on any atom is 0.228 e. The van der Waals surface area contributed by atoms with Crippen LogP contribution in [0.3, 0.4) is 0 Å². The van der Waals surface area contributed by atoms with Crippen LogP contribution in [0, 0.1) is 5.82 Å². The number of halogens is 2. The Kier molecular flexibility index (Phi) is 6.29. The normalized spacial score (nSPS) is 20.5. The van der Waals surface area contributed by atoms with Gasteiger partial charge in [-0.2, -0.15) is 4.98 Å². The molecule has 0 radical (unpaired) electrons. The van der Waals surface area contributed by atoms with Crippen LogP contribution >= 0.6 is 11.6 Å². The largest absolute Gasteiger partial charge is 0.508 e. The number of benzene rings is 3. The Balaban J connectivity index is 1.58. The number of hydrogen-bond donors (Lipinski definition) is 2. The highest BCUT2D eigenvalue weighted by molar-refractivity contribution is 6.35.